The molecule has 1 heterocycles. The Kier molecular flexibility index (Phi) is 3.48. The summed E-state index contributed by atoms with van der Waals surface area (Å²) in [5, 5.41) is 6.41. The number of anilines is 3. The van der Waals surface area contributed by atoms with Crippen molar-refractivity contribution in [1.82, 2.24) is 0 Å². The molecule has 1 amide bonds. The highest BCUT2D eigenvalue weighted by molar-refractivity contribution is 5.99. The maximum atomic E-state index is 13.7. The van der Waals surface area contributed by atoms with E-state index in [2.05, 4.69) is 10.6 Å². The molecule has 108 valence electrons. The Labute approximate surface area is 122 Å². The van der Waals surface area contributed by atoms with Crippen molar-refractivity contribution in [3.05, 3.63) is 53.3 Å². The average molecular weight is 285 g/mol. The van der Waals surface area contributed by atoms with Crippen LogP contribution < -0.4 is 16.4 Å². The largest absolute Gasteiger partial charge is 0.385 e. The molecular weight excluding hydrogens is 269 g/mol. The van der Waals surface area contributed by atoms with Gasteiger partial charge < -0.3 is 16.4 Å². The maximum absolute atomic E-state index is 13.7. The van der Waals surface area contributed by atoms with Crippen LogP contribution >= 0.6 is 0 Å². The van der Waals surface area contributed by atoms with Crippen LogP contribution in [0.2, 0.25) is 0 Å². The van der Waals surface area contributed by atoms with Crippen LogP contribution in [0.5, 0.6) is 0 Å². The van der Waals surface area contributed by atoms with Crippen LogP contribution in [0, 0.1) is 5.82 Å². The van der Waals surface area contributed by atoms with Gasteiger partial charge in [-0.3, -0.25) is 4.79 Å². The monoisotopic (exact) mass is 285 g/mol. The van der Waals surface area contributed by atoms with Gasteiger partial charge in [-0.05, 0) is 48.7 Å². The Morgan fingerprint density at radius 2 is 2.14 bits per heavy atom. The van der Waals surface area contributed by atoms with Crippen LogP contribution in [0.1, 0.15) is 22.3 Å². The fourth-order valence-electron chi connectivity index (χ4n) is 2.59. The van der Waals surface area contributed by atoms with E-state index in [4.69, 9.17) is 5.73 Å². The highest BCUT2D eigenvalue weighted by Crippen LogP contribution is 2.28. The van der Waals surface area contributed by atoms with Gasteiger partial charge >= 0.3 is 0 Å². The number of amides is 1. The molecule has 0 spiro atoms. The third-order valence-corrected chi connectivity index (χ3v) is 3.58. The van der Waals surface area contributed by atoms with E-state index >= 15 is 0 Å². The van der Waals surface area contributed by atoms with Crippen molar-refractivity contribution in [2.24, 2.45) is 5.73 Å². The summed E-state index contributed by atoms with van der Waals surface area (Å²) in [6.45, 7) is 0.982. The summed E-state index contributed by atoms with van der Waals surface area (Å²) in [6, 6.07) is 10.3. The van der Waals surface area contributed by atoms with Crippen molar-refractivity contribution in [3.63, 3.8) is 0 Å². The number of nitrogens with two attached hydrogens (primary N) is 1. The van der Waals surface area contributed by atoms with E-state index in [0.717, 1.165) is 30.8 Å². The molecule has 0 aliphatic carbocycles. The molecule has 0 saturated carbocycles. The number of rotatable bonds is 3. The van der Waals surface area contributed by atoms with E-state index < -0.39 is 11.7 Å². The number of hydrogen-bond acceptors (Lipinski definition) is 3. The van der Waals surface area contributed by atoms with Crippen molar-refractivity contribution in [3.8, 4) is 0 Å². The number of benzene rings is 2. The quantitative estimate of drug-likeness (QED) is 0.812. The van der Waals surface area contributed by atoms with E-state index in [1.165, 1.54) is 11.6 Å². The third kappa shape index (κ3) is 2.67. The topological polar surface area (TPSA) is 67.2 Å². The van der Waals surface area contributed by atoms with E-state index in [-0.39, 0.29) is 5.56 Å². The van der Waals surface area contributed by atoms with Crippen molar-refractivity contribution >= 4 is 23.0 Å². The number of carbonyl (C=O) groups excluding carboxylic acids is 1. The Bertz CT molecular complexity index is 700. The first-order valence-electron chi connectivity index (χ1n) is 6.87. The molecule has 4 N–H and O–H groups in total. The Balaban J connectivity index is 1.94. The average Bonchev–Trinajstić information content (AvgIpc) is 2.47. The molecule has 21 heavy (non-hydrogen) atoms. The lowest BCUT2D eigenvalue weighted by Crippen LogP contribution is -2.15. The first-order valence-corrected chi connectivity index (χ1v) is 6.87. The molecule has 1 aliphatic heterocycles. The fraction of sp³-hybridized carbons (Fsp3) is 0.188. The second kappa shape index (κ2) is 5.44. The van der Waals surface area contributed by atoms with Crippen molar-refractivity contribution < 1.29 is 9.18 Å². The molecule has 0 aromatic heterocycles. The number of primary amides is 1. The smallest absolute Gasteiger partial charge is 0.253 e. The van der Waals surface area contributed by atoms with E-state index in [9.17, 15) is 9.18 Å². The van der Waals surface area contributed by atoms with Gasteiger partial charge in [0.15, 0.2) is 0 Å². The van der Waals surface area contributed by atoms with Gasteiger partial charge in [0.05, 0.1) is 11.3 Å². The molecule has 2 aromatic rings. The molecule has 0 unspecified atom stereocenters. The SMILES string of the molecule is NC(=O)c1c(F)cccc1Nc1ccc2c(c1)CCCN2. The van der Waals surface area contributed by atoms with Crippen LogP contribution in [-0.2, 0) is 6.42 Å². The highest BCUT2D eigenvalue weighted by atomic mass is 19.1. The summed E-state index contributed by atoms with van der Waals surface area (Å²) < 4.78 is 13.7. The second-order valence-corrected chi connectivity index (χ2v) is 5.05. The number of fused-ring (bicyclic) bond motifs is 1. The first kappa shape index (κ1) is 13.4. The fourth-order valence-corrected chi connectivity index (χ4v) is 2.59. The minimum absolute atomic E-state index is 0.117. The molecule has 1 aliphatic rings. The minimum atomic E-state index is -0.782. The molecule has 4 nitrogen and oxygen atoms in total. The van der Waals surface area contributed by atoms with Crippen LogP contribution in [0.4, 0.5) is 21.5 Å². The zero-order valence-electron chi connectivity index (χ0n) is 11.4. The lowest BCUT2D eigenvalue weighted by atomic mass is 10.0. The molecule has 0 fully saturated rings. The Hall–Kier alpha value is -2.56. The summed E-state index contributed by atoms with van der Waals surface area (Å²) in [4.78, 5) is 11.4. The molecule has 0 saturated heterocycles. The highest BCUT2D eigenvalue weighted by Gasteiger charge is 2.15. The predicted molar refractivity (Wildman–Crippen MR) is 81.5 cm³/mol. The first-order chi connectivity index (χ1) is 10.1. The normalized spacial score (nSPS) is 13.2. The summed E-state index contributed by atoms with van der Waals surface area (Å²) in [5.74, 6) is -1.40. The van der Waals surface area contributed by atoms with Crippen LogP contribution in [0.25, 0.3) is 0 Å². The van der Waals surface area contributed by atoms with E-state index in [0.29, 0.717) is 5.69 Å². The van der Waals surface area contributed by atoms with Gasteiger partial charge in [0.25, 0.3) is 5.91 Å². The van der Waals surface area contributed by atoms with E-state index in [1.807, 2.05) is 18.2 Å². The molecule has 0 radical (unpaired) electrons. The van der Waals surface area contributed by atoms with Crippen molar-refractivity contribution in [2.45, 2.75) is 12.8 Å². The number of carbonyl (C=O) groups is 1. The number of halogens is 1. The zero-order valence-corrected chi connectivity index (χ0v) is 11.4. The van der Waals surface area contributed by atoms with Crippen LogP contribution in [-0.4, -0.2) is 12.5 Å². The lowest BCUT2D eigenvalue weighted by molar-refractivity contribution is 0.0997. The molecule has 5 heteroatoms. The standard InChI is InChI=1S/C16H16FN3O/c17-12-4-1-5-14(15(12)16(18)21)20-11-6-7-13-10(9-11)3-2-8-19-13/h1,4-7,9,19-20H,2-3,8H2,(H2,18,21). The summed E-state index contributed by atoms with van der Waals surface area (Å²) in [6.07, 6.45) is 2.09. The van der Waals surface area contributed by atoms with Gasteiger partial charge in [-0.25, -0.2) is 4.39 Å². The lowest BCUT2D eigenvalue weighted by Gasteiger charge is -2.19. The minimum Gasteiger partial charge on any atom is -0.385 e. The van der Waals surface area contributed by atoms with Gasteiger partial charge in [-0.1, -0.05) is 6.07 Å². The Morgan fingerprint density at radius 3 is 2.95 bits per heavy atom. The third-order valence-electron chi connectivity index (χ3n) is 3.58. The van der Waals surface area contributed by atoms with Gasteiger partial charge in [-0.2, -0.15) is 0 Å². The summed E-state index contributed by atoms with van der Waals surface area (Å²) in [7, 11) is 0. The van der Waals surface area contributed by atoms with Crippen LogP contribution in [0.15, 0.2) is 36.4 Å². The second-order valence-electron chi connectivity index (χ2n) is 5.05. The number of aryl methyl sites for hydroxylation is 1. The van der Waals surface area contributed by atoms with E-state index in [1.54, 1.807) is 12.1 Å². The molecular formula is C16H16FN3O. The van der Waals surface area contributed by atoms with Crippen molar-refractivity contribution in [2.75, 3.05) is 17.2 Å². The summed E-state index contributed by atoms with van der Waals surface area (Å²) in [5.41, 5.74) is 8.66. The Morgan fingerprint density at radius 1 is 1.29 bits per heavy atom. The molecule has 2 aromatic carbocycles. The van der Waals surface area contributed by atoms with Gasteiger partial charge in [0.2, 0.25) is 0 Å². The zero-order chi connectivity index (χ0) is 14.8. The van der Waals surface area contributed by atoms with Gasteiger partial charge in [0, 0.05) is 17.9 Å². The molecule has 0 bridgehead atoms. The van der Waals surface area contributed by atoms with Gasteiger partial charge in [-0.15, -0.1) is 0 Å². The predicted octanol–water partition coefficient (Wildman–Crippen LogP) is 3.03. The van der Waals surface area contributed by atoms with Gasteiger partial charge in [0.1, 0.15) is 5.82 Å². The number of nitrogens with one attached hydrogen (secondary N) is 2. The van der Waals surface area contributed by atoms with Crippen molar-refractivity contribution in [1.29, 1.82) is 0 Å². The maximum Gasteiger partial charge on any atom is 0.253 e. The number of hydrogen-bond donors (Lipinski definition) is 3. The molecule has 0 atom stereocenters. The molecule has 3 rings (SSSR count). The van der Waals surface area contributed by atoms with Crippen LogP contribution in [0.3, 0.4) is 0 Å². The summed E-state index contributed by atoms with van der Waals surface area (Å²) >= 11 is 0.